The number of carbonyl (C=O) groups excluding carboxylic acids is 1. The van der Waals surface area contributed by atoms with Crippen LogP contribution in [0, 0.1) is 12.8 Å². The van der Waals surface area contributed by atoms with E-state index in [2.05, 4.69) is 19.7 Å². The number of hydrogen-bond donors (Lipinski definition) is 1. The molecule has 1 amide bonds. The van der Waals surface area contributed by atoms with Crippen molar-refractivity contribution in [1.82, 2.24) is 20.1 Å². The number of alkyl halides is 6. The summed E-state index contributed by atoms with van der Waals surface area (Å²) in [6.45, 7) is 5.89. The molecule has 4 aromatic rings. The zero-order chi connectivity index (χ0) is 38.4. The van der Waals surface area contributed by atoms with E-state index in [4.69, 9.17) is 9.57 Å². The van der Waals surface area contributed by atoms with Gasteiger partial charge in [-0.2, -0.15) is 31.3 Å². The second kappa shape index (κ2) is 16.2. The van der Waals surface area contributed by atoms with E-state index in [0.717, 1.165) is 18.4 Å². The molecule has 0 aliphatic heterocycles. The number of halogens is 6. The highest BCUT2D eigenvalue weighted by Crippen LogP contribution is 2.48. The Balaban J connectivity index is 0.000000235. The Morgan fingerprint density at radius 2 is 1.67 bits per heavy atom. The van der Waals surface area contributed by atoms with Gasteiger partial charge in [-0.1, -0.05) is 59.8 Å². The van der Waals surface area contributed by atoms with Gasteiger partial charge in [0.1, 0.15) is 5.75 Å². The van der Waals surface area contributed by atoms with Crippen molar-refractivity contribution in [1.29, 1.82) is 0 Å². The summed E-state index contributed by atoms with van der Waals surface area (Å²) in [5.74, 6) is -1.65. The summed E-state index contributed by atoms with van der Waals surface area (Å²) in [6, 6.07) is 16.4. The number of carbonyl (C=O) groups is 1. The van der Waals surface area contributed by atoms with Crippen LogP contribution in [0.3, 0.4) is 0 Å². The van der Waals surface area contributed by atoms with Gasteiger partial charge in [-0.05, 0) is 56.4 Å². The van der Waals surface area contributed by atoms with Crippen molar-refractivity contribution in [3.05, 3.63) is 94.9 Å². The molecule has 5 rings (SSSR count). The molecule has 1 N–H and O–H groups in total. The SMILES string of the molecule is CON(Cc1ccc(-c2noc(C(F)(F)F)n2)cc1)C(=O)C1CC1.COc1cc(N=CN(C)C(C)C)c(C)cc1C(O)(c1ccccc1)C(F)(F)F. The third-order valence-corrected chi connectivity index (χ3v) is 8.30. The standard InChI is InChI=1S/C21H25F3N2O2.C15H14F3N3O3/c1-14(2)26(4)13-25-18-12-19(28-5)17(11-15(18)3)20(27,21(22,23)24)16-9-7-6-8-10-16;1-23-21(13(22)11-6-7-11)8-9-2-4-10(5-3-9)12-19-14(24-20-12)15(16,17)18/h6-14,27H,1-5H3;2-5,11H,6-8H2,1H3. The fourth-order valence-electron chi connectivity index (χ4n) is 4.85. The number of rotatable bonds is 11. The maximum atomic E-state index is 14.0. The molecule has 1 aliphatic rings. The van der Waals surface area contributed by atoms with E-state index in [1.54, 1.807) is 43.6 Å². The maximum Gasteiger partial charge on any atom is 0.471 e. The maximum absolute atomic E-state index is 14.0. The van der Waals surface area contributed by atoms with Crippen LogP contribution in [0.1, 0.15) is 54.8 Å². The molecule has 1 aliphatic carbocycles. The van der Waals surface area contributed by atoms with Gasteiger partial charge in [-0.3, -0.25) is 9.63 Å². The van der Waals surface area contributed by atoms with Crippen LogP contribution in [-0.2, 0) is 28.0 Å². The van der Waals surface area contributed by atoms with E-state index in [1.165, 1.54) is 55.7 Å². The van der Waals surface area contributed by atoms with E-state index in [-0.39, 0.29) is 47.1 Å². The minimum Gasteiger partial charge on any atom is -0.496 e. The molecule has 0 radical (unpaired) electrons. The Bertz CT molecular complexity index is 1830. The second-order valence-electron chi connectivity index (χ2n) is 12.4. The third-order valence-electron chi connectivity index (χ3n) is 8.30. The Morgan fingerprint density at radius 1 is 1.04 bits per heavy atom. The number of aryl methyl sites for hydroxylation is 1. The van der Waals surface area contributed by atoms with Gasteiger partial charge >= 0.3 is 18.2 Å². The molecule has 280 valence electrons. The molecular formula is C36H39F6N5O5. The number of hydrogen-bond acceptors (Lipinski definition) is 8. The van der Waals surface area contributed by atoms with Gasteiger partial charge < -0.3 is 19.3 Å². The Kier molecular flexibility index (Phi) is 12.4. The van der Waals surface area contributed by atoms with Gasteiger partial charge in [0, 0.05) is 36.2 Å². The molecule has 1 fully saturated rings. The van der Waals surface area contributed by atoms with Crippen LogP contribution in [0.5, 0.6) is 5.75 Å². The number of hydroxylamine groups is 2. The summed E-state index contributed by atoms with van der Waals surface area (Å²) in [5, 5.41) is 15.5. The fourth-order valence-corrected chi connectivity index (χ4v) is 4.85. The Hall–Kier alpha value is -4.96. The second-order valence-corrected chi connectivity index (χ2v) is 12.4. The minimum absolute atomic E-state index is 0.0318. The number of aliphatic imine (C=N–C) groups is 1. The molecule has 1 saturated carbocycles. The number of nitrogens with zero attached hydrogens (tertiary/aromatic N) is 5. The van der Waals surface area contributed by atoms with Crippen molar-refractivity contribution in [3.8, 4) is 17.1 Å². The third kappa shape index (κ3) is 9.28. The lowest BCUT2D eigenvalue weighted by Crippen LogP contribution is -2.43. The predicted molar refractivity (Wildman–Crippen MR) is 179 cm³/mol. The number of ether oxygens (including phenoxy) is 1. The highest BCUT2D eigenvalue weighted by molar-refractivity contribution is 5.80. The Morgan fingerprint density at radius 3 is 2.17 bits per heavy atom. The molecule has 1 heterocycles. The van der Waals surface area contributed by atoms with Crippen LogP contribution in [0.25, 0.3) is 11.4 Å². The molecule has 0 saturated heterocycles. The van der Waals surface area contributed by atoms with Gasteiger partial charge in [0.25, 0.3) is 0 Å². The van der Waals surface area contributed by atoms with Gasteiger partial charge in [0.2, 0.25) is 17.3 Å². The van der Waals surface area contributed by atoms with E-state index >= 15 is 0 Å². The van der Waals surface area contributed by atoms with Crippen molar-refractivity contribution < 1.29 is 50.3 Å². The van der Waals surface area contributed by atoms with Crippen molar-refractivity contribution in [2.45, 2.75) is 64.2 Å². The van der Waals surface area contributed by atoms with E-state index in [0.29, 0.717) is 16.8 Å². The minimum atomic E-state index is -4.95. The van der Waals surface area contributed by atoms with Crippen LogP contribution in [0.4, 0.5) is 32.0 Å². The van der Waals surface area contributed by atoms with Crippen LogP contribution in [-0.4, -0.2) is 70.9 Å². The zero-order valence-corrected chi connectivity index (χ0v) is 29.3. The molecule has 52 heavy (non-hydrogen) atoms. The number of aliphatic hydroxyl groups is 1. The van der Waals surface area contributed by atoms with Crippen molar-refractivity contribution in [2.75, 3.05) is 21.3 Å². The topological polar surface area (TPSA) is 114 Å². The first-order valence-electron chi connectivity index (χ1n) is 16.1. The van der Waals surface area contributed by atoms with Crippen LogP contribution in [0.2, 0.25) is 0 Å². The smallest absolute Gasteiger partial charge is 0.471 e. The lowest BCUT2D eigenvalue weighted by atomic mass is 9.84. The van der Waals surface area contributed by atoms with Crippen LogP contribution < -0.4 is 4.74 Å². The van der Waals surface area contributed by atoms with Crippen molar-refractivity contribution in [2.24, 2.45) is 10.9 Å². The molecule has 1 unspecified atom stereocenters. The normalized spacial score (nSPS) is 14.5. The van der Waals surface area contributed by atoms with E-state index < -0.39 is 23.8 Å². The van der Waals surface area contributed by atoms with Gasteiger partial charge in [0.05, 0.1) is 32.8 Å². The summed E-state index contributed by atoms with van der Waals surface area (Å²) < 4.78 is 88.9. The summed E-state index contributed by atoms with van der Waals surface area (Å²) in [5.41, 5.74) is -1.75. The first-order chi connectivity index (χ1) is 24.4. The molecule has 16 heteroatoms. The first-order valence-corrected chi connectivity index (χ1v) is 16.1. The number of amides is 1. The first kappa shape index (κ1) is 39.8. The molecule has 1 aromatic heterocycles. The summed E-state index contributed by atoms with van der Waals surface area (Å²) in [7, 11) is 4.54. The molecule has 10 nitrogen and oxygen atoms in total. The largest absolute Gasteiger partial charge is 0.496 e. The average Bonchev–Trinajstić information content (AvgIpc) is 3.83. The lowest BCUT2D eigenvalue weighted by Gasteiger charge is -2.33. The highest BCUT2D eigenvalue weighted by atomic mass is 19.4. The van der Waals surface area contributed by atoms with Gasteiger partial charge in [-0.15, -0.1) is 0 Å². The highest BCUT2D eigenvalue weighted by Gasteiger charge is 2.57. The molecule has 0 bridgehead atoms. The molecule has 1 atom stereocenters. The van der Waals surface area contributed by atoms with Crippen molar-refractivity contribution in [3.63, 3.8) is 0 Å². The van der Waals surface area contributed by atoms with E-state index in [1.807, 2.05) is 25.8 Å². The fraction of sp³-hybridized carbons (Fsp3) is 0.389. The zero-order valence-electron chi connectivity index (χ0n) is 29.3. The quantitative estimate of drug-likeness (QED) is 0.0718. The summed E-state index contributed by atoms with van der Waals surface area (Å²) in [6.07, 6.45) is -6.27. The molecule has 0 spiro atoms. The summed E-state index contributed by atoms with van der Waals surface area (Å²) >= 11 is 0. The van der Waals surface area contributed by atoms with E-state index in [9.17, 15) is 36.2 Å². The lowest BCUT2D eigenvalue weighted by molar-refractivity contribution is -0.248. The monoisotopic (exact) mass is 735 g/mol. The number of methoxy groups -OCH3 is 1. The van der Waals surface area contributed by atoms with Crippen molar-refractivity contribution >= 4 is 17.9 Å². The Labute approximate surface area is 296 Å². The predicted octanol–water partition coefficient (Wildman–Crippen LogP) is 7.86. The van der Waals surface area contributed by atoms with Crippen LogP contribution in [0.15, 0.2) is 76.2 Å². The van der Waals surface area contributed by atoms with Gasteiger partial charge in [-0.25, -0.2) is 10.1 Å². The van der Waals surface area contributed by atoms with Crippen LogP contribution >= 0.6 is 0 Å². The molecule has 3 aromatic carbocycles. The number of aromatic nitrogens is 2. The molecular weight excluding hydrogens is 696 g/mol. The summed E-state index contributed by atoms with van der Waals surface area (Å²) in [4.78, 5) is 26.6. The number of benzene rings is 3. The average molecular weight is 736 g/mol. The van der Waals surface area contributed by atoms with Gasteiger partial charge in [0.15, 0.2) is 0 Å².